The molecule has 0 aliphatic rings. The van der Waals surface area contributed by atoms with Crippen molar-refractivity contribution in [3.8, 4) is 5.75 Å². The maximum Gasteiger partial charge on any atom is 0.332 e. The summed E-state index contributed by atoms with van der Waals surface area (Å²) in [6.07, 6.45) is -1.55. The Balaban J connectivity index is 2.33. The Morgan fingerprint density at radius 3 is 2.80 bits per heavy atom. The van der Waals surface area contributed by atoms with Gasteiger partial charge in [-0.3, -0.25) is 4.79 Å². The molecule has 0 heterocycles. The molecule has 0 aliphatic heterocycles. The highest BCUT2D eigenvalue weighted by atomic mass is 35.5. The number of benzene rings is 1. The molecule has 1 rings (SSSR count). The number of carboxylic acids is 1. The van der Waals surface area contributed by atoms with Gasteiger partial charge in [-0.15, -0.1) is 0 Å². The Morgan fingerprint density at radius 2 is 2.15 bits per heavy atom. The summed E-state index contributed by atoms with van der Waals surface area (Å²) < 4.78 is 5.26. The van der Waals surface area contributed by atoms with Crippen LogP contribution in [0.2, 0.25) is 5.02 Å². The number of rotatable bonds is 7. The van der Waals surface area contributed by atoms with Crippen LogP contribution in [0.5, 0.6) is 5.75 Å². The van der Waals surface area contributed by atoms with Crippen molar-refractivity contribution < 1.29 is 24.5 Å². The molecule has 1 atom stereocenters. The van der Waals surface area contributed by atoms with Crippen LogP contribution in [0.1, 0.15) is 12.0 Å². The summed E-state index contributed by atoms with van der Waals surface area (Å²) in [7, 11) is 0. The van der Waals surface area contributed by atoms with Gasteiger partial charge in [0.1, 0.15) is 5.75 Å². The van der Waals surface area contributed by atoms with Crippen LogP contribution in [0.3, 0.4) is 0 Å². The first-order valence-corrected chi connectivity index (χ1v) is 6.34. The van der Waals surface area contributed by atoms with Crippen molar-refractivity contribution in [2.75, 3.05) is 13.2 Å². The fraction of sp³-hybridized carbons (Fsp3) is 0.385. The Bertz CT molecular complexity index is 492. The van der Waals surface area contributed by atoms with E-state index in [9.17, 15) is 9.59 Å². The average molecular weight is 302 g/mol. The molecule has 0 fully saturated rings. The molecule has 3 N–H and O–H groups in total. The first-order valence-electron chi connectivity index (χ1n) is 5.96. The monoisotopic (exact) mass is 301 g/mol. The third-order valence-electron chi connectivity index (χ3n) is 2.47. The van der Waals surface area contributed by atoms with Crippen LogP contribution in [-0.2, 0) is 9.59 Å². The molecule has 0 aliphatic carbocycles. The highest BCUT2D eigenvalue weighted by Gasteiger charge is 2.13. The van der Waals surface area contributed by atoms with Gasteiger partial charge in [-0.1, -0.05) is 17.7 Å². The van der Waals surface area contributed by atoms with Gasteiger partial charge in [0.25, 0.3) is 5.91 Å². The number of carboxylic acid groups (broad SMARTS) is 1. The molecule has 1 aromatic carbocycles. The number of amides is 1. The molecule has 6 nitrogen and oxygen atoms in total. The molecule has 0 bridgehead atoms. The minimum Gasteiger partial charge on any atom is -0.482 e. The van der Waals surface area contributed by atoms with Crippen molar-refractivity contribution in [3.05, 3.63) is 28.8 Å². The lowest BCUT2D eigenvalue weighted by Gasteiger charge is -2.10. The van der Waals surface area contributed by atoms with Gasteiger partial charge in [-0.25, -0.2) is 4.79 Å². The van der Waals surface area contributed by atoms with Crippen LogP contribution in [-0.4, -0.2) is 41.3 Å². The van der Waals surface area contributed by atoms with Crippen molar-refractivity contribution in [1.29, 1.82) is 0 Å². The Morgan fingerprint density at radius 1 is 1.45 bits per heavy atom. The summed E-state index contributed by atoms with van der Waals surface area (Å²) >= 11 is 5.91. The number of hydrogen-bond donors (Lipinski definition) is 3. The molecule has 0 saturated heterocycles. The predicted octanol–water partition coefficient (Wildman–Crippen LogP) is 0.979. The third-order valence-corrected chi connectivity index (χ3v) is 2.78. The maximum atomic E-state index is 11.5. The number of ether oxygens (including phenoxy) is 1. The van der Waals surface area contributed by atoms with Gasteiger partial charge < -0.3 is 20.3 Å². The number of aliphatic hydroxyl groups is 1. The smallest absolute Gasteiger partial charge is 0.332 e. The highest BCUT2D eigenvalue weighted by Crippen LogP contribution is 2.24. The van der Waals surface area contributed by atoms with Crippen LogP contribution in [0.4, 0.5) is 0 Å². The summed E-state index contributed by atoms with van der Waals surface area (Å²) in [5, 5.41) is 20.3. The Hall–Kier alpha value is -1.79. The lowest BCUT2D eigenvalue weighted by atomic mass is 10.2. The lowest BCUT2D eigenvalue weighted by Crippen LogP contribution is -2.33. The van der Waals surface area contributed by atoms with E-state index in [0.29, 0.717) is 10.8 Å². The van der Waals surface area contributed by atoms with Gasteiger partial charge in [0.15, 0.2) is 12.7 Å². The standard InChI is InChI=1S/C13H16ClNO5/c1-8-2-3-9(14)11(6-8)20-7-12(17)15-5-4-10(16)13(18)19/h2-3,6,10,16H,4-5,7H2,1H3,(H,15,17)(H,18,19). The summed E-state index contributed by atoms with van der Waals surface area (Å²) in [6.45, 7) is 1.69. The fourth-order valence-electron chi connectivity index (χ4n) is 1.39. The van der Waals surface area contributed by atoms with Gasteiger partial charge >= 0.3 is 5.97 Å². The lowest BCUT2D eigenvalue weighted by molar-refractivity contribution is -0.147. The second-order valence-electron chi connectivity index (χ2n) is 4.22. The first-order chi connectivity index (χ1) is 9.40. The van der Waals surface area contributed by atoms with E-state index in [0.717, 1.165) is 5.56 Å². The highest BCUT2D eigenvalue weighted by molar-refractivity contribution is 6.32. The molecule has 1 aromatic rings. The Labute approximate surface area is 121 Å². The minimum absolute atomic E-state index is 0.0528. The number of halogens is 1. The van der Waals surface area contributed by atoms with Gasteiger partial charge in [-0.05, 0) is 24.6 Å². The number of carbonyl (C=O) groups excluding carboxylic acids is 1. The number of carbonyl (C=O) groups is 2. The van der Waals surface area contributed by atoms with Crippen LogP contribution in [0.15, 0.2) is 18.2 Å². The normalized spacial score (nSPS) is 11.8. The molecule has 1 unspecified atom stereocenters. The molecule has 0 saturated carbocycles. The van der Waals surface area contributed by atoms with E-state index in [1.807, 2.05) is 13.0 Å². The molecule has 0 spiro atoms. The molecule has 0 aromatic heterocycles. The van der Waals surface area contributed by atoms with Crippen molar-refractivity contribution in [1.82, 2.24) is 5.32 Å². The minimum atomic E-state index is -1.48. The predicted molar refractivity (Wildman–Crippen MR) is 73.0 cm³/mol. The largest absolute Gasteiger partial charge is 0.482 e. The molecule has 20 heavy (non-hydrogen) atoms. The average Bonchev–Trinajstić information content (AvgIpc) is 2.39. The molecule has 110 valence electrons. The zero-order valence-corrected chi connectivity index (χ0v) is 11.7. The zero-order chi connectivity index (χ0) is 15.1. The van der Waals surface area contributed by atoms with E-state index in [1.54, 1.807) is 12.1 Å². The van der Waals surface area contributed by atoms with Gasteiger partial charge in [0.2, 0.25) is 0 Å². The number of hydrogen-bond acceptors (Lipinski definition) is 4. The van der Waals surface area contributed by atoms with Gasteiger partial charge in [0.05, 0.1) is 5.02 Å². The van der Waals surface area contributed by atoms with Crippen molar-refractivity contribution in [2.45, 2.75) is 19.4 Å². The van der Waals surface area contributed by atoms with Crippen LogP contribution < -0.4 is 10.1 Å². The van der Waals surface area contributed by atoms with E-state index in [-0.39, 0.29) is 19.6 Å². The molecule has 1 amide bonds. The first kappa shape index (κ1) is 16.3. The zero-order valence-electron chi connectivity index (χ0n) is 10.9. The van der Waals surface area contributed by atoms with E-state index in [2.05, 4.69) is 5.32 Å². The number of nitrogens with one attached hydrogen (secondary N) is 1. The molecular formula is C13H16ClNO5. The van der Waals surface area contributed by atoms with Crippen molar-refractivity contribution >= 4 is 23.5 Å². The number of aliphatic hydroxyl groups excluding tert-OH is 1. The summed E-state index contributed by atoms with van der Waals surface area (Å²) in [5.74, 6) is -1.32. The summed E-state index contributed by atoms with van der Waals surface area (Å²) in [6, 6.07) is 5.21. The van der Waals surface area contributed by atoms with Crippen LogP contribution in [0.25, 0.3) is 0 Å². The van der Waals surface area contributed by atoms with Crippen LogP contribution in [0, 0.1) is 6.92 Å². The number of aryl methyl sites for hydroxylation is 1. The molecular weight excluding hydrogens is 286 g/mol. The summed E-state index contributed by atoms with van der Waals surface area (Å²) in [4.78, 5) is 21.8. The topological polar surface area (TPSA) is 95.9 Å². The quantitative estimate of drug-likeness (QED) is 0.697. The second-order valence-corrected chi connectivity index (χ2v) is 4.62. The Kier molecular flexibility index (Phi) is 6.27. The van der Waals surface area contributed by atoms with E-state index in [4.69, 9.17) is 26.6 Å². The van der Waals surface area contributed by atoms with Crippen LogP contribution >= 0.6 is 11.6 Å². The van der Waals surface area contributed by atoms with Gasteiger partial charge in [0, 0.05) is 13.0 Å². The molecule has 7 heteroatoms. The van der Waals surface area contributed by atoms with E-state index >= 15 is 0 Å². The summed E-state index contributed by atoms with van der Waals surface area (Å²) in [5.41, 5.74) is 0.953. The third kappa shape index (κ3) is 5.46. The van der Waals surface area contributed by atoms with Crippen molar-refractivity contribution in [3.63, 3.8) is 0 Å². The number of aliphatic carboxylic acids is 1. The van der Waals surface area contributed by atoms with E-state index < -0.39 is 18.0 Å². The van der Waals surface area contributed by atoms with Gasteiger partial charge in [-0.2, -0.15) is 0 Å². The SMILES string of the molecule is Cc1ccc(Cl)c(OCC(=O)NCCC(O)C(=O)O)c1. The molecule has 0 radical (unpaired) electrons. The fourth-order valence-corrected chi connectivity index (χ4v) is 1.56. The van der Waals surface area contributed by atoms with E-state index in [1.165, 1.54) is 0 Å². The maximum absolute atomic E-state index is 11.5. The second kappa shape index (κ2) is 7.72. The van der Waals surface area contributed by atoms with Crippen molar-refractivity contribution in [2.24, 2.45) is 0 Å².